The monoisotopic (exact) mass is 222 g/mol. The first-order chi connectivity index (χ1) is 7.63. The molecule has 3 N–H and O–H groups in total. The van der Waals surface area contributed by atoms with Gasteiger partial charge in [0.2, 0.25) is 0 Å². The van der Waals surface area contributed by atoms with Gasteiger partial charge in [-0.15, -0.1) is 0 Å². The summed E-state index contributed by atoms with van der Waals surface area (Å²) in [7, 11) is 4.00. The van der Waals surface area contributed by atoms with Gasteiger partial charge in [0.15, 0.2) is 0 Å². The quantitative estimate of drug-likeness (QED) is 0.721. The first-order valence-corrected chi connectivity index (χ1v) is 5.79. The molecule has 90 valence electrons. The van der Waals surface area contributed by atoms with E-state index in [1.165, 1.54) is 5.56 Å². The van der Waals surface area contributed by atoms with Gasteiger partial charge in [-0.1, -0.05) is 12.1 Å². The number of unbranched alkanes of at least 4 members (excludes halogenated alkanes) is 1. The SMILES string of the molecule is CN(C)Cc1cc(CCCCN)ccc1O. The minimum atomic E-state index is 0.385. The Balaban J connectivity index is 2.65. The Morgan fingerprint density at radius 1 is 1.25 bits per heavy atom. The standard InChI is InChI=1S/C13H22N2O/c1-15(2)10-12-9-11(5-3-4-8-14)6-7-13(12)16/h6-7,9,16H,3-5,8,10,14H2,1-2H3. The molecule has 0 saturated carbocycles. The lowest BCUT2D eigenvalue weighted by Gasteiger charge is -2.12. The van der Waals surface area contributed by atoms with Crippen molar-refractivity contribution in [2.75, 3.05) is 20.6 Å². The Labute approximate surface area is 97.9 Å². The van der Waals surface area contributed by atoms with Crippen molar-refractivity contribution in [3.05, 3.63) is 29.3 Å². The number of benzene rings is 1. The third-order valence-corrected chi connectivity index (χ3v) is 2.55. The highest BCUT2D eigenvalue weighted by atomic mass is 16.3. The summed E-state index contributed by atoms with van der Waals surface area (Å²) in [6, 6.07) is 5.87. The lowest BCUT2D eigenvalue weighted by molar-refractivity contribution is 0.385. The van der Waals surface area contributed by atoms with Crippen LogP contribution in [0.2, 0.25) is 0 Å². The van der Waals surface area contributed by atoms with Crippen LogP contribution < -0.4 is 5.73 Å². The summed E-state index contributed by atoms with van der Waals surface area (Å²) in [6.07, 6.45) is 3.21. The fourth-order valence-electron chi connectivity index (χ4n) is 1.74. The topological polar surface area (TPSA) is 49.5 Å². The van der Waals surface area contributed by atoms with Crippen molar-refractivity contribution < 1.29 is 5.11 Å². The van der Waals surface area contributed by atoms with Gasteiger partial charge in [-0.3, -0.25) is 0 Å². The molecule has 0 bridgehead atoms. The number of phenolic OH excluding ortho intramolecular Hbond substituents is 1. The van der Waals surface area contributed by atoms with Crippen LogP contribution >= 0.6 is 0 Å². The van der Waals surface area contributed by atoms with Gasteiger partial charge in [-0.2, -0.15) is 0 Å². The number of rotatable bonds is 6. The fraction of sp³-hybridized carbons (Fsp3) is 0.538. The van der Waals surface area contributed by atoms with E-state index < -0.39 is 0 Å². The Bertz CT molecular complexity index is 324. The fourth-order valence-corrected chi connectivity index (χ4v) is 1.74. The van der Waals surface area contributed by atoms with Crippen molar-refractivity contribution in [3.63, 3.8) is 0 Å². The second-order valence-corrected chi connectivity index (χ2v) is 4.45. The highest BCUT2D eigenvalue weighted by Crippen LogP contribution is 2.20. The zero-order valence-corrected chi connectivity index (χ0v) is 10.2. The number of nitrogens with two attached hydrogens (primary N) is 1. The number of nitrogens with zero attached hydrogens (tertiary/aromatic N) is 1. The normalized spacial score (nSPS) is 11.0. The van der Waals surface area contributed by atoms with Crippen molar-refractivity contribution in [1.82, 2.24) is 4.90 Å². The summed E-state index contributed by atoms with van der Waals surface area (Å²) in [5.41, 5.74) is 7.74. The number of hydrogen-bond donors (Lipinski definition) is 2. The Morgan fingerprint density at radius 3 is 2.62 bits per heavy atom. The molecule has 0 fully saturated rings. The molecule has 0 heterocycles. The molecule has 0 amide bonds. The predicted molar refractivity (Wildman–Crippen MR) is 67.5 cm³/mol. The van der Waals surface area contributed by atoms with E-state index in [0.29, 0.717) is 5.75 Å². The maximum atomic E-state index is 9.71. The van der Waals surface area contributed by atoms with Crippen LogP contribution in [-0.4, -0.2) is 30.6 Å². The van der Waals surface area contributed by atoms with Crippen molar-refractivity contribution in [3.8, 4) is 5.75 Å². The highest BCUT2D eigenvalue weighted by molar-refractivity contribution is 5.36. The minimum absolute atomic E-state index is 0.385. The van der Waals surface area contributed by atoms with Crippen molar-refractivity contribution in [2.45, 2.75) is 25.8 Å². The molecule has 0 atom stereocenters. The molecular weight excluding hydrogens is 200 g/mol. The van der Waals surface area contributed by atoms with E-state index in [1.54, 1.807) is 6.07 Å². The summed E-state index contributed by atoms with van der Waals surface area (Å²) >= 11 is 0. The lowest BCUT2D eigenvalue weighted by atomic mass is 10.0. The van der Waals surface area contributed by atoms with Gasteiger partial charge in [-0.05, 0) is 51.5 Å². The molecule has 0 radical (unpaired) electrons. The second-order valence-electron chi connectivity index (χ2n) is 4.45. The first kappa shape index (κ1) is 13.0. The summed E-state index contributed by atoms with van der Waals surface area (Å²) in [6.45, 7) is 1.53. The van der Waals surface area contributed by atoms with Gasteiger partial charge in [-0.25, -0.2) is 0 Å². The van der Waals surface area contributed by atoms with Gasteiger partial charge >= 0.3 is 0 Å². The van der Waals surface area contributed by atoms with Crippen LogP contribution in [0, 0.1) is 0 Å². The molecule has 0 spiro atoms. The molecule has 1 aromatic rings. The van der Waals surface area contributed by atoms with E-state index in [0.717, 1.165) is 37.9 Å². The molecule has 0 aromatic heterocycles. The Hall–Kier alpha value is -1.06. The molecule has 1 rings (SSSR count). The molecule has 0 aliphatic rings. The third-order valence-electron chi connectivity index (χ3n) is 2.55. The van der Waals surface area contributed by atoms with Gasteiger partial charge in [0.25, 0.3) is 0 Å². The maximum Gasteiger partial charge on any atom is 0.120 e. The lowest BCUT2D eigenvalue weighted by Crippen LogP contribution is -2.11. The van der Waals surface area contributed by atoms with Gasteiger partial charge in [0, 0.05) is 12.1 Å². The second kappa shape index (κ2) is 6.51. The van der Waals surface area contributed by atoms with Crippen LogP contribution in [-0.2, 0) is 13.0 Å². The van der Waals surface area contributed by atoms with Crippen LogP contribution in [0.3, 0.4) is 0 Å². The van der Waals surface area contributed by atoms with E-state index in [9.17, 15) is 5.11 Å². The molecule has 16 heavy (non-hydrogen) atoms. The van der Waals surface area contributed by atoms with E-state index in [-0.39, 0.29) is 0 Å². The van der Waals surface area contributed by atoms with Crippen LogP contribution in [0.15, 0.2) is 18.2 Å². The molecule has 3 nitrogen and oxygen atoms in total. The molecule has 0 aliphatic heterocycles. The molecule has 3 heteroatoms. The molecule has 1 aromatic carbocycles. The van der Waals surface area contributed by atoms with Gasteiger partial charge < -0.3 is 15.7 Å². The summed E-state index contributed by atoms with van der Waals surface area (Å²) in [5, 5.41) is 9.71. The number of aryl methyl sites for hydroxylation is 1. The van der Waals surface area contributed by atoms with Crippen LogP contribution in [0.25, 0.3) is 0 Å². The van der Waals surface area contributed by atoms with E-state index >= 15 is 0 Å². The van der Waals surface area contributed by atoms with E-state index in [1.807, 2.05) is 20.2 Å². The Morgan fingerprint density at radius 2 is 2.00 bits per heavy atom. The summed E-state index contributed by atoms with van der Waals surface area (Å²) in [4.78, 5) is 2.05. The van der Waals surface area contributed by atoms with E-state index in [2.05, 4.69) is 11.0 Å². The smallest absolute Gasteiger partial charge is 0.120 e. The molecule has 0 unspecified atom stereocenters. The molecule has 0 saturated heterocycles. The third kappa shape index (κ3) is 4.21. The minimum Gasteiger partial charge on any atom is -0.508 e. The van der Waals surface area contributed by atoms with Crippen molar-refractivity contribution in [2.24, 2.45) is 5.73 Å². The Kier molecular flexibility index (Phi) is 5.29. The average Bonchev–Trinajstić information content (AvgIpc) is 2.22. The summed E-state index contributed by atoms with van der Waals surface area (Å²) in [5.74, 6) is 0.385. The van der Waals surface area contributed by atoms with E-state index in [4.69, 9.17) is 5.73 Å². The molecular formula is C13H22N2O. The van der Waals surface area contributed by atoms with Crippen LogP contribution in [0.1, 0.15) is 24.0 Å². The molecule has 0 aliphatic carbocycles. The maximum absolute atomic E-state index is 9.71. The van der Waals surface area contributed by atoms with Crippen molar-refractivity contribution >= 4 is 0 Å². The average molecular weight is 222 g/mol. The van der Waals surface area contributed by atoms with Gasteiger partial charge in [0.1, 0.15) is 5.75 Å². The summed E-state index contributed by atoms with van der Waals surface area (Å²) < 4.78 is 0. The number of hydrogen-bond acceptors (Lipinski definition) is 3. The zero-order valence-electron chi connectivity index (χ0n) is 10.2. The largest absolute Gasteiger partial charge is 0.508 e. The highest BCUT2D eigenvalue weighted by Gasteiger charge is 2.04. The van der Waals surface area contributed by atoms with Crippen LogP contribution in [0.4, 0.5) is 0 Å². The van der Waals surface area contributed by atoms with Crippen molar-refractivity contribution in [1.29, 1.82) is 0 Å². The number of aromatic hydroxyl groups is 1. The predicted octanol–water partition coefficient (Wildman–Crippen LogP) is 1.74. The number of phenols is 1. The zero-order chi connectivity index (χ0) is 12.0. The first-order valence-electron chi connectivity index (χ1n) is 5.79. The van der Waals surface area contributed by atoms with Gasteiger partial charge in [0.05, 0.1) is 0 Å². The van der Waals surface area contributed by atoms with Crippen LogP contribution in [0.5, 0.6) is 5.75 Å².